The second kappa shape index (κ2) is 8.46. The highest BCUT2D eigenvalue weighted by Gasteiger charge is 2.16. The van der Waals surface area contributed by atoms with Crippen LogP contribution in [0.5, 0.6) is 0 Å². The van der Waals surface area contributed by atoms with E-state index in [2.05, 4.69) is 40.8 Å². The number of nitrogens with zero attached hydrogens (tertiary/aromatic N) is 1. The molecule has 2 amide bonds. The van der Waals surface area contributed by atoms with E-state index in [4.69, 9.17) is 0 Å². The van der Waals surface area contributed by atoms with Gasteiger partial charge in [-0.25, -0.2) is 0 Å². The molecule has 148 valence electrons. The highest BCUT2D eigenvalue weighted by molar-refractivity contribution is 6.39. The molecule has 5 heteroatoms. The minimum Gasteiger partial charge on any atom is -0.374 e. The molecule has 1 aliphatic heterocycles. The Bertz CT molecular complexity index is 882. The van der Waals surface area contributed by atoms with Gasteiger partial charge in [-0.3, -0.25) is 9.59 Å². The summed E-state index contributed by atoms with van der Waals surface area (Å²) in [5.74, 6) is -1.22. The molecule has 0 unspecified atom stereocenters. The number of carbonyl (C=O) groups excluding carboxylic acids is 2. The fourth-order valence-corrected chi connectivity index (χ4v) is 3.94. The van der Waals surface area contributed by atoms with E-state index in [0.717, 1.165) is 29.7 Å². The van der Waals surface area contributed by atoms with Crippen molar-refractivity contribution >= 4 is 23.2 Å². The van der Waals surface area contributed by atoms with Gasteiger partial charge in [0.15, 0.2) is 0 Å². The Labute approximate surface area is 167 Å². The highest BCUT2D eigenvalue weighted by atomic mass is 16.2. The van der Waals surface area contributed by atoms with Crippen molar-refractivity contribution in [2.75, 3.05) is 30.4 Å². The lowest BCUT2D eigenvalue weighted by Gasteiger charge is -2.27. The van der Waals surface area contributed by atoms with Gasteiger partial charge in [-0.2, -0.15) is 0 Å². The van der Waals surface area contributed by atoms with E-state index in [-0.39, 0.29) is 0 Å². The van der Waals surface area contributed by atoms with Crippen LogP contribution < -0.4 is 15.5 Å². The second-order valence-corrected chi connectivity index (χ2v) is 7.72. The van der Waals surface area contributed by atoms with Crippen LogP contribution in [-0.4, -0.2) is 32.0 Å². The van der Waals surface area contributed by atoms with E-state index >= 15 is 0 Å². The summed E-state index contributed by atoms with van der Waals surface area (Å²) in [4.78, 5) is 26.7. The van der Waals surface area contributed by atoms with Gasteiger partial charge >= 0.3 is 11.8 Å². The third-order valence-corrected chi connectivity index (χ3v) is 5.32. The molecule has 0 fully saturated rings. The zero-order valence-corrected chi connectivity index (χ0v) is 17.2. The molecule has 3 rings (SSSR count). The van der Waals surface area contributed by atoms with Crippen molar-refractivity contribution in [1.29, 1.82) is 0 Å². The lowest BCUT2D eigenvalue weighted by molar-refractivity contribution is -0.136. The zero-order valence-electron chi connectivity index (χ0n) is 17.2. The highest BCUT2D eigenvalue weighted by Crippen LogP contribution is 2.27. The molecule has 2 N–H and O–H groups in total. The van der Waals surface area contributed by atoms with Crippen LogP contribution in [0.25, 0.3) is 0 Å². The molecular weight excluding hydrogens is 350 g/mol. The van der Waals surface area contributed by atoms with E-state index in [9.17, 15) is 9.59 Å². The molecule has 0 bridgehead atoms. The SMILES string of the molecule is Cc1cc(C)c(NC(=O)C(=O)NCCc2ccc3c(c2)CCCN3C)c(C)c1. The summed E-state index contributed by atoms with van der Waals surface area (Å²) in [6.45, 7) is 7.41. The summed E-state index contributed by atoms with van der Waals surface area (Å²) in [6, 6.07) is 10.5. The number of rotatable bonds is 4. The summed E-state index contributed by atoms with van der Waals surface area (Å²) >= 11 is 0. The van der Waals surface area contributed by atoms with Crippen LogP contribution in [0.3, 0.4) is 0 Å². The van der Waals surface area contributed by atoms with Crippen molar-refractivity contribution in [1.82, 2.24) is 5.32 Å². The molecule has 0 spiro atoms. The predicted molar refractivity (Wildman–Crippen MR) is 114 cm³/mol. The second-order valence-electron chi connectivity index (χ2n) is 7.72. The van der Waals surface area contributed by atoms with Crippen molar-refractivity contribution < 1.29 is 9.59 Å². The van der Waals surface area contributed by atoms with E-state index in [1.54, 1.807) is 0 Å². The molecular formula is C23H29N3O2. The Morgan fingerprint density at radius 2 is 1.75 bits per heavy atom. The van der Waals surface area contributed by atoms with Crippen LogP contribution >= 0.6 is 0 Å². The summed E-state index contributed by atoms with van der Waals surface area (Å²) in [7, 11) is 2.12. The van der Waals surface area contributed by atoms with Crippen LogP contribution in [0.1, 0.15) is 34.2 Å². The molecule has 0 aliphatic carbocycles. The average Bonchev–Trinajstić information content (AvgIpc) is 2.64. The van der Waals surface area contributed by atoms with Gasteiger partial charge < -0.3 is 15.5 Å². The summed E-state index contributed by atoms with van der Waals surface area (Å²) in [5, 5.41) is 5.47. The van der Waals surface area contributed by atoms with Crippen LogP contribution in [0.2, 0.25) is 0 Å². The summed E-state index contributed by atoms with van der Waals surface area (Å²) in [5.41, 5.74) is 7.59. The van der Waals surface area contributed by atoms with Gasteiger partial charge in [0.2, 0.25) is 0 Å². The number of aryl methyl sites for hydroxylation is 4. The van der Waals surface area contributed by atoms with Crippen molar-refractivity contribution in [3.05, 3.63) is 58.1 Å². The van der Waals surface area contributed by atoms with Crippen molar-refractivity contribution in [3.8, 4) is 0 Å². The Morgan fingerprint density at radius 1 is 1.04 bits per heavy atom. The maximum atomic E-state index is 12.2. The lowest BCUT2D eigenvalue weighted by atomic mass is 9.98. The fraction of sp³-hybridized carbons (Fsp3) is 0.391. The molecule has 1 aliphatic rings. The number of hydrogen-bond acceptors (Lipinski definition) is 3. The number of anilines is 2. The van der Waals surface area contributed by atoms with Gasteiger partial charge in [0.1, 0.15) is 0 Å². The van der Waals surface area contributed by atoms with Gasteiger partial charge in [-0.15, -0.1) is 0 Å². The number of hydrogen-bond donors (Lipinski definition) is 2. The van der Waals surface area contributed by atoms with Crippen LogP contribution in [-0.2, 0) is 22.4 Å². The van der Waals surface area contributed by atoms with E-state index < -0.39 is 11.8 Å². The van der Waals surface area contributed by atoms with Gasteiger partial charge in [0.25, 0.3) is 0 Å². The van der Waals surface area contributed by atoms with Crippen molar-refractivity contribution in [2.24, 2.45) is 0 Å². The summed E-state index contributed by atoms with van der Waals surface area (Å²) < 4.78 is 0. The molecule has 0 atom stereocenters. The molecule has 2 aromatic rings. The Balaban J connectivity index is 1.54. The topological polar surface area (TPSA) is 61.4 Å². The standard InChI is InChI=1S/C23H29N3O2/c1-15-12-16(2)21(17(3)13-15)25-23(28)22(27)24-10-9-18-7-8-20-19(14-18)6-5-11-26(20)4/h7-8,12-14H,5-6,9-11H2,1-4H3,(H,24,27)(H,25,28). The molecule has 2 aromatic carbocycles. The molecule has 0 saturated heterocycles. The molecule has 28 heavy (non-hydrogen) atoms. The van der Waals surface area contributed by atoms with Gasteiger partial charge in [-0.1, -0.05) is 29.8 Å². The van der Waals surface area contributed by atoms with E-state index in [0.29, 0.717) is 18.7 Å². The predicted octanol–water partition coefficient (Wildman–Crippen LogP) is 3.29. The van der Waals surface area contributed by atoms with Crippen LogP contribution in [0, 0.1) is 20.8 Å². The third-order valence-electron chi connectivity index (χ3n) is 5.32. The third kappa shape index (κ3) is 4.53. The van der Waals surface area contributed by atoms with Crippen molar-refractivity contribution in [2.45, 2.75) is 40.0 Å². The van der Waals surface area contributed by atoms with Crippen LogP contribution in [0.15, 0.2) is 30.3 Å². The maximum Gasteiger partial charge on any atom is 0.313 e. The monoisotopic (exact) mass is 379 g/mol. The number of benzene rings is 2. The zero-order chi connectivity index (χ0) is 20.3. The Kier molecular flexibility index (Phi) is 6.02. The lowest BCUT2D eigenvalue weighted by Crippen LogP contribution is -2.36. The van der Waals surface area contributed by atoms with Crippen LogP contribution in [0.4, 0.5) is 11.4 Å². The summed E-state index contributed by atoms with van der Waals surface area (Å²) in [6.07, 6.45) is 2.97. The number of nitrogens with one attached hydrogen (secondary N) is 2. The number of amides is 2. The quantitative estimate of drug-likeness (QED) is 0.802. The first-order chi connectivity index (χ1) is 13.3. The van der Waals surface area contributed by atoms with Gasteiger partial charge in [-0.05, 0) is 68.4 Å². The Hall–Kier alpha value is -2.82. The molecule has 0 saturated carbocycles. The normalized spacial score (nSPS) is 13.1. The van der Waals surface area contributed by atoms with E-state index in [1.165, 1.54) is 23.2 Å². The number of carbonyl (C=O) groups is 2. The maximum absolute atomic E-state index is 12.2. The molecule has 1 heterocycles. The minimum absolute atomic E-state index is 0.437. The fourth-order valence-electron chi connectivity index (χ4n) is 3.94. The molecule has 0 aromatic heterocycles. The molecule has 0 radical (unpaired) electrons. The average molecular weight is 380 g/mol. The van der Waals surface area contributed by atoms with Gasteiger partial charge in [0.05, 0.1) is 0 Å². The van der Waals surface area contributed by atoms with Gasteiger partial charge in [0, 0.05) is 31.5 Å². The molecule has 5 nitrogen and oxygen atoms in total. The smallest absolute Gasteiger partial charge is 0.313 e. The minimum atomic E-state index is -0.623. The first kappa shape index (κ1) is 19.9. The number of fused-ring (bicyclic) bond motifs is 1. The Morgan fingerprint density at radius 3 is 2.46 bits per heavy atom. The first-order valence-corrected chi connectivity index (χ1v) is 9.85. The largest absolute Gasteiger partial charge is 0.374 e. The van der Waals surface area contributed by atoms with E-state index in [1.807, 2.05) is 32.9 Å². The van der Waals surface area contributed by atoms with Crippen molar-refractivity contribution in [3.63, 3.8) is 0 Å². The first-order valence-electron chi connectivity index (χ1n) is 9.85.